The lowest BCUT2D eigenvalue weighted by Crippen LogP contribution is -2.33. The van der Waals surface area contributed by atoms with Gasteiger partial charge in [-0.1, -0.05) is 30.3 Å². The molecule has 1 aromatic carbocycles. The number of imidazole rings is 1. The zero-order chi connectivity index (χ0) is 13.0. The first-order chi connectivity index (χ1) is 8.66. The smallest absolute Gasteiger partial charge is 0.320 e. The molecule has 0 radical (unpaired) electrons. The first kappa shape index (κ1) is 18.4. The summed E-state index contributed by atoms with van der Waals surface area (Å²) in [5.41, 5.74) is 7.50. The van der Waals surface area contributed by atoms with E-state index in [0.29, 0.717) is 6.54 Å². The summed E-state index contributed by atoms with van der Waals surface area (Å²) in [6, 6.07) is 9.03. The van der Waals surface area contributed by atoms with Gasteiger partial charge in [-0.2, -0.15) is 0 Å². The molecule has 2 rings (SSSR count). The van der Waals surface area contributed by atoms with Crippen LogP contribution in [0.4, 0.5) is 0 Å². The number of hydrogen-bond acceptors (Lipinski definition) is 3. The summed E-state index contributed by atoms with van der Waals surface area (Å²) in [5.74, 6) is -0.998. The SMILES string of the molecule is Cl.Cl.N[C@@H](Cc1cncn1Cc1ccccc1)C(=O)O. The van der Waals surface area contributed by atoms with E-state index in [1.165, 1.54) is 0 Å². The second kappa shape index (κ2) is 8.58. The third kappa shape index (κ3) is 4.85. The molecule has 5 nitrogen and oxygen atoms in total. The van der Waals surface area contributed by atoms with Crippen LogP contribution in [0.5, 0.6) is 0 Å². The summed E-state index contributed by atoms with van der Waals surface area (Å²) in [6.07, 6.45) is 3.63. The van der Waals surface area contributed by atoms with Gasteiger partial charge in [0.25, 0.3) is 0 Å². The lowest BCUT2D eigenvalue weighted by molar-refractivity contribution is -0.138. The molecule has 0 saturated heterocycles. The molecule has 20 heavy (non-hydrogen) atoms. The van der Waals surface area contributed by atoms with Crippen molar-refractivity contribution in [2.45, 2.75) is 19.0 Å². The van der Waals surface area contributed by atoms with Crippen molar-refractivity contribution >= 4 is 30.8 Å². The molecule has 0 bridgehead atoms. The van der Waals surface area contributed by atoms with Gasteiger partial charge in [0.1, 0.15) is 6.04 Å². The van der Waals surface area contributed by atoms with Crippen molar-refractivity contribution in [2.75, 3.05) is 0 Å². The largest absolute Gasteiger partial charge is 0.480 e. The van der Waals surface area contributed by atoms with Crippen LogP contribution in [0.25, 0.3) is 0 Å². The van der Waals surface area contributed by atoms with Gasteiger partial charge in [-0.25, -0.2) is 4.98 Å². The van der Waals surface area contributed by atoms with E-state index in [-0.39, 0.29) is 31.2 Å². The summed E-state index contributed by atoms with van der Waals surface area (Å²) in [7, 11) is 0. The van der Waals surface area contributed by atoms with E-state index >= 15 is 0 Å². The van der Waals surface area contributed by atoms with Gasteiger partial charge in [-0.05, 0) is 5.56 Å². The van der Waals surface area contributed by atoms with Crippen LogP contribution in [-0.2, 0) is 17.8 Å². The van der Waals surface area contributed by atoms with Crippen LogP contribution in [0.1, 0.15) is 11.3 Å². The van der Waals surface area contributed by atoms with E-state index in [9.17, 15) is 4.79 Å². The zero-order valence-electron chi connectivity index (χ0n) is 10.7. The van der Waals surface area contributed by atoms with Crippen LogP contribution in [0.3, 0.4) is 0 Å². The molecule has 0 aliphatic heterocycles. The van der Waals surface area contributed by atoms with Crippen molar-refractivity contribution in [1.29, 1.82) is 0 Å². The Morgan fingerprint density at radius 3 is 2.55 bits per heavy atom. The van der Waals surface area contributed by atoms with Crippen molar-refractivity contribution in [2.24, 2.45) is 5.73 Å². The highest BCUT2D eigenvalue weighted by molar-refractivity contribution is 5.85. The van der Waals surface area contributed by atoms with Gasteiger partial charge >= 0.3 is 5.97 Å². The number of aliphatic carboxylic acids is 1. The monoisotopic (exact) mass is 317 g/mol. The summed E-state index contributed by atoms with van der Waals surface area (Å²) < 4.78 is 1.91. The number of rotatable bonds is 5. The summed E-state index contributed by atoms with van der Waals surface area (Å²) in [4.78, 5) is 14.8. The number of halogens is 2. The molecule has 0 unspecified atom stereocenters. The van der Waals surface area contributed by atoms with E-state index in [4.69, 9.17) is 10.8 Å². The van der Waals surface area contributed by atoms with Gasteiger partial charge < -0.3 is 15.4 Å². The van der Waals surface area contributed by atoms with Crippen LogP contribution in [0.2, 0.25) is 0 Å². The molecule has 2 aromatic rings. The number of carboxylic acid groups (broad SMARTS) is 1. The highest BCUT2D eigenvalue weighted by Crippen LogP contribution is 2.07. The molecular formula is C13H17Cl2N3O2. The minimum Gasteiger partial charge on any atom is -0.480 e. The van der Waals surface area contributed by atoms with E-state index in [2.05, 4.69) is 4.98 Å². The quantitative estimate of drug-likeness (QED) is 0.880. The Morgan fingerprint density at radius 1 is 1.30 bits per heavy atom. The Labute approximate surface area is 129 Å². The Balaban J connectivity index is 0.00000180. The Hall–Kier alpha value is -1.56. The molecule has 1 aromatic heterocycles. The van der Waals surface area contributed by atoms with Crippen molar-refractivity contribution in [3.63, 3.8) is 0 Å². The van der Waals surface area contributed by atoms with E-state index in [1.807, 2.05) is 34.9 Å². The molecule has 1 heterocycles. The Kier molecular flexibility index (Phi) is 7.91. The fourth-order valence-corrected chi connectivity index (χ4v) is 1.75. The third-order valence-corrected chi connectivity index (χ3v) is 2.74. The van der Waals surface area contributed by atoms with Crippen molar-refractivity contribution in [3.05, 3.63) is 54.1 Å². The highest BCUT2D eigenvalue weighted by atomic mass is 35.5. The lowest BCUT2D eigenvalue weighted by atomic mass is 10.1. The fourth-order valence-electron chi connectivity index (χ4n) is 1.75. The minimum absolute atomic E-state index is 0. The molecule has 0 fully saturated rings. The number of hydrogen-bond donors (Lipinski definition) is 2. The average Bonchev–Trinajstić information content (AvgIpc) is 2.78. The van der Waals surface area contributed by atoms with Gasteiger partial charge in [0.2, 0.25) is 0 Å². The third-order valence-electron chi connectivity index (χ3n) is 2.74. The molecule has 0 spiro atoms. The van der Waals surface area contributed by atoms with Gasteiger partial charge in [-0.15, -0.1) is 24.8 Å². The topological polar surface area (TPSA) is 81.1 Å². The number of nitrogens with zero attached hydrogens (tertiary/aromatic N) is 2. The molecule has 0 aliphatic rings. The maximum absolute atomic E-state index is 10.7. The highest BCUT2D eigenvalue weighted by Gasteiger charge is 2.14. The summed E-state index contributed by atoms with van der Waals surface area (Å²) in [5, 5.41) is 8.81. The maximum atomic E-state index is 10.7. The molecule has 110 valence electrons. The maximum Gasteiger partial charge on any atom is 0.320 e. The predicted octanol–water partition coefficient (Wildman–Crippen LogP) is 1.73. The van der Waals surface area contributed by atoms with Crippen molar-refractivity contribution in [3.8, 4) is 0 Å². The van der Waals surface area contributed by atoms with Crippen LogP contribution >= 0.6 is 24.8 Å². The molecular weight excluding hydrogens is 301 g/mol. The van der Waals surface area contributed by atoms with Gasteiger partial charge in [0.05, 0.1) is 6.33 Å². The summed E-state index contributed by atoms with van der Waals surface area (Å²) >= 11 is 0. The van der Waals surface area contributed by atoms with E-state index in [0.717, 1.165) is 11.3 Å². The zero-order valence-corrected chi connectivity index (χ0v) is 12.3. The molecule has 0 aliphatic carbocycles. The second-order valence-electron chi connectivity index (χ2n) is 4.15. The van der Waals surface area contributed by atoms with Crippen LogP contribution in [0.15, 0.2) is 42.9 Å². The van der Waals surface area contributed by atoms with Crippen LogP contribution in [-0.4, -0.2) is 26.7 Å². The average molecular weight is 318 g/mol. The van der Waals surface area contributed by atoms with Gasteiger partial charge in [-0.3, -0.25) is 4.79 Å². The normalized spacial score (nSPS) is 11.1. The number of carbonyl (C=O) groups is 1. The first-order valence-electron chi connectivity index (χ1n) is 5.68. The number of benzene rings is 1. The molecule has 0 amide bonds. The lowest BCUT2D eigenvalue weighted by Gasteiger charge is -2.10. The van der Waals surface area contributed by atoms with E-state index < -0.39 is 12.0 Å². The fraction of sp³-hybridized carbons (Fsp3) is 0.231. The molecule has 1 atom stereocenters. The predicted molar refractivity (Wildman–Crippen MR) is 81.6 cm³/mol. The van der Waals surface area contributed by atoms with Crippen LogP contribution < -0.4 is 5.73 Å². The van der Waals surface area contributed by atoms with E-state index in [1.54, 1.807) is 12.5 Å². The van der Waals surface area contributed by atoms with Crippen LogP contribution in [0, 0.1) is 0 Å². The number of carboxylic acids is 1. The molecule has 0 saturated carbocycles. The summed E-state index contributed by atoms with van der Waals surface area (Å²) in [6.45, 7) is 0.669. The Bertz CT molecular complexity index is 531. The van der Waals surface area contributed by atoms with Gasteiger partial charge in [0.15, 0.2) is 0 Å². The van der Waals surface area contributed by atoms with Gasteiger partial charge in [0, 0.05) is 24.9 Å². The van der Waals surface area contributed by atoms with Crippen molar-refractivity contribution in [1.82, 2.24) is 9.55 Å². The molecule has 3 N–H and O–H groups in total. The number of aromatic nitrogens is 2. The standard InChI is InChI=1S/C13H15N3O2.2ClH/c14-12(13(17)18)6-11-7-15-9-16(11)8-10-4-2-1-3-5-10;;/h1-5,7,9,12H,6,8,14H2,(H,17,18);2*1H/t12-;;/m0../s1. The Morgan fingerprint density at radius 2 is 1.95 bits per heavy atom. The number of nitrogens with two attached hydrogens (primary N) is 1. The molecule has 7 heteroatoms. The minimum atomic E-state index is -0.998. The van der Waals surface area contributed by atoms with Crippen molar-refractivity contribution < 1.29 is 9.90 Å². The second-order valence-corrected chi connectivity index (χ2v) is 4.15. The first-order valence-corrected chi connectivity index (χ1v) is 5.68.